The topological polar surface area (TPSA) is 36.4 Å². The summed E-state index contributed by atoms with van der Waals surface area (Å²) in [7, 11) is 0. The molecule has 1 aromatic carbocycles. The average Bonchev–Trinajstić information content (AvgIpc) is 2.96. The number of aliphatic hydroxyl groups is 1. The van der Waals surface area contributed by atoms with Crippen molar-refractivity contribution in [3.05, 3.63) is 65.5 Å². The summed E-state index contributed by atoms with van der Waals surface area (Å²) in [6, 6.07) is 13.3. The molecule has 2 aromatic rings. The van der Waals surface area contributed by atoms with E-state index in [1.54, 1.807) is 0 Å². The Balaban J connectivity index is 1.80. The molecule has 0 spiro atoms. The van der Waals surface area contributed by atoms with E-state index in [2.05, 4.69) is 40.2 Å². The van der Waals surface area contributed by atoms with Crippen molar-refractivity contribution in [3.8, 4) is 0 Å². The number of hydrogen-bond acceptors (Lipinski definition) is 3. The SMILES string of the molecule is OCCCN(Cc1cccnc1)[C@H]1CCc2ccccc21. The number of aliphatic hydroxyl groups excluding tert-OH is 1. The standard InChI is InChI=1S/C18H22N2O/c21-12-4-11-20(14-15-5-3-10-19-13-15)18-9-8-16-6-1-2-7-17(16)18/h1-3,5-7,10,13,18,21H,4,8-9,11-12,14H2/t18-/m0/s1. The van der Waals surface area contributed by atoms with Crippen molar-refractivity contribution in [1.29, 1.82) is 0 Å². The third-order valence-electron chi connectivity index (χ3n) is 4.25. The zero-order valence-electron chi connectivity index (χ0n) is 12.3. The van der Waals surface area contributed by atoms with Gasteiger partial charge in [0.15, 0.2) is 0 Å². The highest BCUT2D eigenvalue weighted by Gasteiger charge is 2.27. The van der Waals surface area contributed by atoms with E-state index in [-0.39, 0.29) is 6.61 Å². The second-order valence-electron chi connectivity index (χ2n) is 5.66. The van der Waals surface area contributed by atoms with E-state index in [4.69, 9.17) is 0 Å². The summed E-state index contributed by atoms with van der Waals surface area (Å²) in [5.74, 6) is 0. The molecule has 0 aliphatic heterocycles. The molecule has 1 heterocycles. The molecule has 0 amide bonds. The maximum atomic E-state index is 9.18. The van der Waals surface area contributed by atoms with E-state index in [0.717, 1.165) is 25.9 Å². The highest BCUT2D eigenvalue weighted by molar-refractivity contribution is 5.34. The van der Waals surface area contributed by atoms with Crippen LogP contribution in [0.4, 0.5) is 0 Å². The molecular formula is C18H22N2O. The van der Waals surface area contributed by atoms with E-state index in [1.165, 1.54) is 23.1 Å². The van der Waals surface area contributed by atoms with E-state index in [1.807, 2.05) is 18.5 Å². The van der Waals surface area contributed by atoms with Crippen LogP contribution in [0.15, 0.2) is 48.8 Å². The summed E-state index contributed by atoms with van der Waals surface area (Å²) in [5.41, 5.74) is 4.17. The van der Waals surface area contributed by atoms with Crippen LogP contribution in [0.3, 0.4) is 0 Å². The fraction of sp³-hybridized carbons (Fsp3) is 0.389. The van der Waals surface area contributed by atoms with Crippen molar-refractivity contribution in [3.63, 3.8) is 0 Å². The van der Waals surface area contributed by atoms with E-state index in [0.29, 0.717) is 6.04 Å². The normalized spacial score (nSPS) is 17.1. The average molecular weight is 282 g/mol. The molecule has 1 aliphatic carbocycles. The Labute approximate surface area is 126 Å². The summed E-state index contributed by atoms with van der Waals surface area (Å²) >= 11 is 0. The molecule has 1 N–H and O–H groups in total. The number of fused-ring (bicyclic) bond motifs is 1. The summed E-state index contributed by atoms with van der Waals surface area (Å²) < 4.78 is 0. The minimum atomic E-state index is 0.248. The van der Waals surface area contributed by atoms with Crippen LogP contribution in [0.1, 0.15) is 35.6 Å². The van der Waals surface area contributed by atoms with Gasteiger partial charge in [0.25, 0.3) is 0 Å². The van der Waals surface area contributed by atoms with Crippen molar-refractivity contribution in [2.75, 3.05) is 13.2 Å². The number of pyridine rings is 1. The first-order valence-corrected chi connectivity index (χ1v) is 7.70. The molecule has 0 saturated carbocycles. The third kappa shape index (κ3) is 3.31. The fourth-order valence-corrected chi connectivity index (χ4v) is 3.26. The molecule has 1 aromatic heterocycles. The van der Waals surface area contributed by atoms with Gasteiger partial charge in [-0.25, -0.2) is 0 Å². The molecule has 0 saturated heterocycles. The molecule has 3 nitrogen and oxygen atoms in total. The minimum Gasteiger partial charge on any atom is -0.396 e. The van der Waals surface area contributed by atoms with E-state index in [9.17, 15) is 5.11 Å². The molecule has 21 heavy (non-hydrogen) atoms. The predicted octanol–water partition coefficient (Wildman–Crippen LogP) is 2.95. The lowest BCUT2D eigenvalue weighted by atomic mass is 10.1. The quantitative estimate of drug-likeness (QED) is 0.885. The van der Waals surface area contributed by atoms with E-state index >= 15 is 0 Å². The van der Waals surface area contributed by atoms with Gasteiger partial charge in [-0.3, -0.25) is 9.88 Å². The Morgan fingerprint density at radius 3 is 2.90 bits per heavy atom. The van der Waals surface area contributed by atoms with Gasteiger partial charge >= 0.3 is 0 Å². The highest BCUT2D eigenvalue weighted by Crippen LogP contribution is 2.36. The molecular weight excluding hydrogens is 260 g/mol. The van der Waals surface area contributed by atoms with Crippen LogP contribution >= 0.6 is 0 Å². The molecule has 0 fully saturated rings. The van der Waals surface area contributed by atoms with Crippen molar-refractivity contribution < 1.29 is 5.11 Å². The molecule has 1 atom stereocenters. The largest absolute Gasteiger partial charge is 0.396 e. The van der Waals surface area contributed by atoms with Crippen LogP contribution in [0.5, 0.6) is 0 Å². The zero-order valence-corrected chi connectivity index (χ0v) is 12.3. The smallest absolute Gasteiger partial charge is 0.0443 e. The van der Waals surface area contributed by atoms with Gasteiger partial charge in [-0.15, -0.1) is 0 Å². The maximum absolute atomic E-state index is 9.18. The van der Waals surface area contributed by atoms with Crippen molar-refractivity contribution >= 4 is 0 Å². The van der Waals surface area contributed by atoms with E-state index < -0.39 is 0 Å². The van der Waals surface area contributed by atoms with Crippen molar-refractivity contribution in [2.24, 2.45) is 0 Å². The number of hydrogen-bond donors (Lipinski definition) is 1. The number of aryl methyl sites for hydroxylation is 1. The van der Waals surface area contributed by atoms with Gasteiger partial charge in [0.1, 0.15) is 0 Å². The minimum absolute atomic E-state index is 0.248. The van der Waals surface area contributed by atoms with Gasteiger partial charge in [0.05, 0.1) is 0 Å². The van der Waals surface area contributed by atoms with Gasteiger partial charge in [0.2, 0.25) is 0 Å². The van der Waals surface area contributed by atoms with Crippen LogP contribution in [-0.2, 0) is 13.0 Å². The van der Waals surface area contributed by atoms with Crippen LogP contribution in [-0.4, -0.2) is 28.1 Å². The monoisotopic (exact) mass is 282 g/mol. The lowest BCUT2D eigenvalue weighted by molar-refractivity contribution is 0.165. The Hall–Kier alpha value is -1.71. The first kappa shape index (κ1) is 14.2. The number of nitrogens with zero attached hydrogens (tertiary/aromatic N) is 2. The molecule has 110 valence electrons. The van der Waals surface area contributed by atoms with Gasteiger partial charge in [-0.05, 0) is 42.0 Å². The van der Waals surface area contributed by atoms with Gasteiger partial charge in [-0.2, -0.15) is 0 Å². The zero-order chi connectivity index (χ0) is 14.5. The second kappa shape index (κ2) is 6.83. The summed E-state index contributed by atoms with van der Waals surface area (Å²) in [6.07, 6.45) is 6.90. The lowest BCUT2D eigenvalue weighted by Gasteiger charge is -2.29. The second-order valence-corrected chi connectivity index (χ2v) is 5.66. The third-order valence-corrected chi connectivity index (χ3v) is 4.25. The molecule has 3 heteroatoms. The van der Waals surface area contributed by atoms with Gasteiger partial charge in [-0.1, -0.05) is 30.3 Å². The molecule has 0 unspecified atom stereocenters. The van der Waals surface area contributed by atoms with Crippen LogP contribution in [0.25, 0.3) is 0 Å². The maximum Gasteiger partial charge on any atom is 0.0443 e. The fourth-order valence-electron chi connectivity index (χ4n) is 3.26. The van der Waals surface area contributed by atoms with Gasteiger partial charge < -0.3 is 5.11 Å². The van der Waals surface area contributed by atoms with Gasteiger partial charge in [0, 0.05) is 38.1 Å². The number of aromatic nitrogens is 1. The highest BCUT2D eigenvalue weighted by atomic mass is 16.3. The summed E-state index contributed by atoms with van der Waals surface area (Å²) in [6.45, 7) is 2.06. The molecule has 0 radical (unpaired) electrons. The lowest BCUT2D eigenvalue weighted by Crippen LogP contribution is -2.28. The molecule has 0 bridgehead atoms. The Morgan fingerprint density at radius 1 is 1.19 bits per heavy atom. The summed E-state index contributed by atoms with van der Waals surface area (Å²) in [4.78, 5) is 6.70. The first-order valence-electron chi connectivity index (χ1n) is 7.70. The van der Waals surface area contributed by atoms with Crippen molar-refractivity contribution in [1.82, 2.24) is 9.88 Å². The predicted molar refractivity (Wildman–Crippen MR) is 83.9 cm³/mol. The Bertz CT molecular complexity index is 570. The van der Waals surface area contributed by atoms with Crippen LogP contribution in [0, 0.1) is 0 Å². The van der Waals surface area contributed by atoms with Crippen molar-refractivity contribution in [2.45, 2.75) is 31.8 Å². The Morgan fingerprint density at radius 2 is 2.10 bits per heavy atom. The molecule has 1 aliphatic rings. The van der Waals surface area contributed by atoms with Crippen LogP contribution < -0.4 is 0 Å². The number of benzene rings is 1. The summed E-state index contributed by atoms with van der Waals surface area (Å²) in [5, 5.41) is 9.18. The first-order chi connectivity index (χ1) is 10.4. The Kier molecular flexibility index (Phi) is 4.63. The van der Waals surface area contributed by atoms with Crippen LogP contribution in [0.2, 0.25) is 0 Å². The molecule has 3 rings (SSSR count). The number of rotatable bonds is 6.